The molecule has 0 aliphatic carbocycles. The van der Waals surface area contributed by atoms with Crippen molar-refractivity contribution in [2.45, 2.75) is 19.6 Å². The van der Waals surface area contributed by atoms with E-state index < -0.39 is 12.1 Å². The number of amides is 1. The Morgan fingerprint density at radius 2 is 1.85 bits per heavy atom. The first-order valence-electron chi connectivity index (χ1n) is 8.46. The summed E-state index contributed by atoms with van der Waals surface area (Å²) in [6, 6.07) is 14.6. The quantitative estimate of drug-likeness (QED) is 0.572. The first-order valence-corrected chi connectivity index (χ1v) is 8.46. The third-order valence-electron chi connectivity index (χ3n) is 3.81. The number of hydrogen-bond acceptors (Lipinski definition) is 5. The predicted molar refractivity (Wildman–Crippen MR) is 102 cm³/mol. The number of carbonyl (C=O) groups is 2. The van der Waals surface area contributed by atoms with E-state index in [0.29, 0.717) is 11.5 Å². The molecule has 0 aliphatic rings. The van der Waals surface area contributed by atoms with Crippen LogP contribution in [0, 0.1) is 0 Å². The second-order valence-corrected chi connectivity index (χ2v) is 5.72. The average molecular weight is 369 g/mol. The number of benzene rings is 2. The van der Waals surface area contributed by atoms with Crippen LogP contribution in [0.2, 0.25) is 0 Å². The van der Waals surface area contributed by atoms with Crippen LogP contribution < -0.4 is 14.8 Å². The largest absolute Gasteiger partial charge is 0.497 e. The summed E-state index contributed by atoms with van der Waals surface area (Å²) < 4.78 is 15.5. The van der Waals surface area contributed by atoms with Gasteiger partial charge in [-0.05, 0) is 36.8 Å². The summed E-state index contributed by atoms with van der Waals surface area (Å²) in [5, 5.41) is 2.73. The minimum absolute atomic E-state index is 0.282. The summed E-state index contributed by atoms with van der Waals surface area (Å²) in [4.78, 5) is 24.1. The third-order valence-corrected chi connectivity index (χ3v) is 3.81. The zero-order valence-corrected chi connectivity index (χ0v) is 15.6. The van der Waals surface area contributed by atoms with Crippen LogP contribution >= 0.6 is 0 Å². The van der Waals surface area contributed by atoms with Gasteiger partial charge in [0, 0.05) is 18.2 Å². The number of methoxy groups -OCH3 is 2. The highest BCUT2D eigenvalue weighted by atomic mass is 16.5. The zero-order valence-electron chi connectivity index (χ0n) is 15.6. The summed E-state index contributed by atoms with van der Waals surface area (Å²) in [6.07, 6.45) is 1.96. The third kappa shape index (κ3) is 6.18. The molecule has 1 amide bonds. The maximum absolute atomic E-state index is 12.1. The Labute approximate surface area is 158 Å². The molecule has 1 unspecified atom stereocenters. The molecule has 1 atom stereocenters. The summed E-state index contributed by atoms with van der Waals surface area (Å²) >= 11 is 0. The van der Waals surface area contributed by atoms with Crippen LogP contribution in [0.5, 0.6) is 11.5 Å². The lowest BCUT2D eigenvalue weighted by Gasteiger charge is -2.13. The van der Waals surface area contributed by atoms with E-state index >= 15 is 0 Å². The standard InChI is InChI=1S/C21H23NO5/c1-15(21(24)22-14-17-8-4-5-10-19(17)26-3)27-20(23)12-11-16-7-6-9-18(13-16)25-2/h4-13,15H,14H2,1-3H3,(H,22,24)/b12-11+. The highest BCUT2D eigenvalue weighted by Crippen LogP contribution is 2.17. The van der Waals surface area contributed by atoms with Crippen LogP contribution in [0.1, 0.15) is 18.1 Å². The van der Waals surface area contributed by atoms with Crippen molar-refractivity contribution in [2.75, 3.05) is 14.2 Å². The summed E-state index contributed by atoms with van der Waals surface area (Å²) in [7, 11) is 3.14. The fourth-order valence-electron chi connectivity index (χ4n) is 2.35. The maximum atomic E-state index is 12.1. The van der Waals surface area contributed by atoms with Crippen molar-refractivity contribution < 1.29 is 23.8 Å². The van der Waals surface area contributed by atoms with Crippen molar-refractivity contribution >= 4 is 18.0 Å². The molecular weight excluding hydrogens is 346 g/mol. The second kappa shape index (κ2) is 10.0. The number of esters is 1. The molecule has 0 saturated carbocycles. The van der Waals surface area contributed by atoms with Crippen molar-refractivity contribution in [3.63, 3.8) is 0 Å². The molecule has 2 aromatic rings. The van der Waals surface area contributed by atoms with Gasteiger partial charge in [0.15, 0.2) is 6.10 Å². The molecule has 27 heavy (non-hydrogen) atoms. The lowest BCUT2D eigenvalue weighted by atomic mass is 10.2. The highest BCUT2D eigenvalue weighted by Gasteiger charge is 2.16. The van der Waals surface area contributed by atoms with Gasteiger partial charge in [0.1, 0.15) is 11.5 Å². The molecule has 0 saturated heterocycles. The van der Waals surface area contributed by atoms with Gasteiger partial charge in [-0.25, -0.2) is 4.79 Å². The minimum Gasteiger partial charge on any atom is -0.497 e. The Kier molecular flexibility index (Phi) is 7.43. The Balaban J connectivity index is 1.85. The van der Waals surface area contributed by atoms with E-state index in [9.17, 15) is 9.59 Å². The predicted octanol–water partition coefficient (Wildman–Crippen LogP) is 2.97. The molecule has 1 N–H and O–H groups in total. The molecule has 2 aromatic carbocycles. The van der Waals surface area contributed by atoms with E-state index in [4.69, 9.17) is 14.2 Å². The first kappa shape index (κ1) is 20.0. The highest BCUT2D eigenvalue weighted by molar-refractivity contribution is 5.90. The topological polar surface area (TPSA) is 73.9 Å². The molecule has 6 heteroatoms. The molecular formula is C21H23NO5. The lowest BCUT2D eigenvalue weighted by Crippen LogP contribution is -2.35. The van der Waals surface area contributed by atoms with Crippen LogP contribution in [0.4, 0.5) is 0 Å². The van der Waals surface area contributed by atoms with Crippen LogP contribution in [-0.4, -0.2) is 32.2 Å². The smallest absolute Gasteiger partial charge is 0.331 e. The number of nitrogens with one attached hydrogen (secondary N) is 1. The maximum Gasteiger partial charge on any atom is 0.331 e. The zero-order chi connectivity index (χ0) is 19.6. The minimum atomic E-state index is -0.915. The van der Waals surface area contributed by atoms with E-state index in [-0.39, 0.29) is 12.5 Å². The van der Waals surface area contributed by atoms with Crippen molar-refractivity contribution in [1.29, 1.82) is 0 Å². The summed E-state index contributed by atoms with van der Waals surface area (Å²) in [6.45, 7) is 1.80. The van der Waals surface area contributed by atoms with Gasteiger partial charge in [-0.2, -0.15) is 0 Å². The van der Waals surface area contributed by atoms with Gasteiger partial charge in [-0.3, -0.25) is 4.79 Å². The number of ether oxygens (including phenoxy) is 3. The van der Waals surface area contributed by atoms with E-state index in [1.807, 2.05) is 42.5 Å². The lowest BCUT2D eigenvalue weighted by molar-refractivity contribution is -0.150. The van der Waals surface area contributed by atoms with Crippen LogP contribution in [0.15, 0.2) is 54.6 Å². The van der Waals surface area contributed by atoms with Gasteiger partial charge >= 0.3 is 5.97 Å². The summed E-state index contributed by atoms with van der Waals surface area (Å²) in [5.74, 6) is 0.389. The molecule has 0 aliphatic heterocycles. The van der Waals surface area contributed by atoms with Crippen molar-refractivity contribution in [2.24, 2.45) is 0 Å². The van der Waals surface area contributed by atoms with Gasteiger partial charge in [0.2, 0.25) is 0 Å². The Morgan fingerprint density at radius 1 is 1.07 bits per heavy atom. The SMILES string of the molecule is COc1cccc(/C=C/C(=O)OC(C)C(=O)NCc2ccccc2OC)c1. The first-order chi connectivity index (χ1) is 13.0. The Morgan fingerprint density at radius 3 is 2.59 bits per heavy atom. The Bertz CT molecular complexity index is 816. The molecule has 142 valence electrons. The fraction of sp³-hybridized carbons (Fsp3) is 0.238. The van der Waals surface area contributed by atoms with Gasteiger partial charge in [0.05, 0.1) is 14.2 Å². The number of carbonyl (C=O) groups excluding carboxylic acids is 2. The van der Waals surface area contributed by atoms with E-state index in [2.05, 4.69) is 5.32 Å². The van der Waals surface area contributed by atoms with E-state index in [1.54, 1.807) is 26.4 Å². The number of rotatable bonds is 8. The molecule has 0 bridgehead atoms. The van der Waals surface area contributed by atoms with Crippen LogP contribution in [0.25, 0.3) is 6.08 Å². The summed E-state index contributed by atoms with van der Waals surface area (Å²) in [5.41, 5.74) is 1.63. The van der Waals surface area contributed by atoms with E-state index in [0.717, 1.165) is 11.1 Å². The fourth-order valence-corrected chi connectivity index (χ4v) is 2.35. The average Bonchev–Trinajstić information content (AvgIpc) is 2.70. The molecule has 0 spiro atoms. The van der Waals surface area contributed by atoms with Crippen molar-refractivity contribution in [1.82, 2.24) is 5.32 Å². The molecule has 0 heterocycles. The van der Waals surface area contributed by atoms with Crippen LogP contribution in [-0.2, 0) is 20.9 Å². The van der Waals surface area contributed by atoms with Crippen molar-refractivity contribution in [3.05, 3.63) is 65.7 Å². The molecule has 6 nitrogen and oxygen atoms in total. The number of para-hydroxylation sites is 1. The van der Waals surface area contributed by atoms with Crippen LogP contribution in [0.3, 0.4) is 0 Å². The van der Waals surface area contributed by atoms with E-state index in [1.165, 1.54) is 13.0 Å². The molecule has 0 aromatic heterocycles. The Hall–Kier alpha value is -3.28. The second-order valence-electron chi connectivity index (χ2n) is 5.72. The van der Waals surface area contributed by atoms with Gasteiger partial charge in [-0.15, -0.1) is 0 Å². The van der Waals surface area contributed by atoms with Crippen molar-refractivity contribution in [3.8, 4) is 11.5 Å². The van der Waals surface area contributed by atoms with Gasteiger partial charge in [-0.1, -0.05) is 30.3 Å². The normalized spacial score (nSPS) is 11.7. The monoisotopic (exact) mass is 369 g/mol. The number of hydrogen-bond donors (Lipinski definition) is 1. The van der Waals surface area contributed by atoms with Gasteiger partial charge in [0.25, 0.3) is 5.91 Å². The van der Waals surface area contributed by atoms with Gasteiger partial charge < -0.3 is 19.5 Å². The molecule has 2 rings (SSSR count). The molecule has 0 radical (unpaired) electrons. The molecule has 0 fully saturated rings.